The zero-order chi connectivity index (χ0) is 13.6. The Labute approximate surface area is 108 Å². The van der Waals surface area contributed by atoms with E-state index in [1.165, 1.54) is 0 Å². The van der Waals surface area contributed by atoms with Gasteiger partial charge in [0.25, 0.3) is 0 Å². The molecule has 0 fully saturated rings. The van der Waals surface area contributed by atoms with Gasteiger partial charge in [0, 0.05) is 11.8 Å². The minimum absolute atomic E-state index is 0.378. The molecule has 0 saturated carbocycles. The van der Waals surface area contributed by atoms with Crippen LogP contribution in [-0.2, 0) is 19.1 Å². The lowest BCUT2D eigenvalue weighted by molar-refractivity contribution is -0.137. The summed E-state index contributed by atoms with van der Waals surface area (Å²) in [5, 5.41) is 0. The van der Waals surface area contributed by atoms with E-state index in [0.29, 0.717) is 13.2 Å². The highest BCUT2D eigenvalue weighted by atomic mass is 16.5. The first-order chi connectivity index (χ1) is 8.70. The molecule has 0 N–H and O–H groups in total. The lowest BCUT2D eigenvalue weighted by Crippen LogP contribution is -2.02. The number of carbonyl (C=O) groups is 2. The van der Waals surface area contributed by atoms with E-state index < -0.39 is 11.9 Å². The largest absolute Gasteiger partial charge is 0.456 e. The van der Waals surface area contributed by atoms with E-state index >= 15 is 0 Å². The molecule has 0 rings (SSSR count). The van der Waals surface area contributed by atoms with Crippen molar-refractivity contribution in [2.45, 2.75) is 38.5 Å². The molecule has 0 aromatic heterocycles. The fourth-order valence-corrected chi connectivity index (χ4v) is 1.32. The van der Waals surface area contributed by atoms with Gasteiger partial charge in [-0.1, -0.05) is 25.7 Å². The first kappa shape index (κ1) is 16.1. The van der Waals surface area contributed by atoms with Gasteiger partial charge in [-0.25, -0.2) is 9.59 Å². The summed E-state index contributed by atoms with van der Waals surface area (Å²) in [7, 11) is 0. The van der Waals surface area contributed by atoms with Crippen LogP contribution in [0.15, 0.2) is 0 Å². The number of unbranched alkanes of at least 4 members (excludes halogenated alkanes) is 5. The SMILES string of the molecule is C#CC(=O)OCCCCCCCCOC(=O)C#C. The quantitative estimate of drug-likeness (QED) is 0.270. The van der Waals surface area contributed by atoms with Gasteiger partial charge in [-0.05, 0) is 12.8 Å². The molecule has 4 nitrogen and oxygen atoms in total. The molecule has 0 spiro atoms. The maximum Gasteiger partial charge on any atom is 0.384 e. The second kappa shape index (κ2) is 11.5. The summed E-state index contributed by atoms with van der Waals surface area (Å²) in [6.45, 7) is 0.756. The molecule has 0 aliphatic carbocycles. The molecule has 0 aliphatic rings. The first-order valence-corrected chi connectivity index (χ1v) is 5.97. The average molecular weight is 250 g/mol. The Morgan fingerprint density at radius 2 is 1.06 bits per heavy atom. The van der Waals surface area contributed by atoms with Crippen molar-refractivity contribution in [3.63, 3.8) is 0 Å². The molecular weight excluding hydrogens is 232 g/mol. The fourth-order valence-electron chi connectivity index (χ4n) is 1.32. The van der Waals surface area contributed by atoms with Gasteiger partial charge in [-0.2, -0.15) is 0 Å². The van der Waals surface area contributed by atoms with Crippen LogP contribution in [0.5, 0.6) is 0 Å². The highest BCUT2D eigenvalue weighted by Crippen LogP contribution is 2.05. The number of ether oxygens (including phenoxy) is 2. The second-order valence-electron chi connectivity index (χ2n) is 3.68. The van der Waals surface area contributed by atoms with Crippen molar-refractivity contribution in [1.82, 2.24) is 0 Å². The van der Waals surface area contributed by atoms with E-state index in [2.05, 4.69) is 0 Å². The van der Waals surface area contributed by atoms with Crippen molar-refractivity contribution < 1.29 is 19.1 Å². The smallest absolute Gasteiger partial charge is 0.384 e. The van der Waals surface area contributed by atoms with Gasteiger partial charge in [0.15, 0.2) is 0 Å². The zero-order valence-corrected chi connectivity index (χ0v) is 10.4. The predicted molar refractivity (Wildman–Crippen MR) is 67.3 cm³/mol. The van der Waals surface area contributed by atoms with Crippen LogP contribution >= 0.6 is 0 Å². The molecule has 0 heterocycles. The fraction of sp³-hybridized carbons (Fsp3) is 0.571. The summed E-state index contributed by atoms with van der Waals surface area (Å²) in [6, 6.07) is 0. The number of terminal acetylenes is 2. The summed E-state index contributed by atoms with van der Waals surface area (Å²) < 4.78 is 9.45. The summed E-state index contributed by atoms with van der Waals surface area (Å²) in [5.41, 5.74) is 0. The Morgan fingerprint density at radius 3 is 1.39 bits per heavy atom. The number of hydrogen-bond donors (Lipinski definition) is 0. The van der Waals surface area contributed by atoms with Gasteiger partial charge < -0.3 is 9.47 Å². The first-order valence-electron chi connectivity index (χ1n) is 5.97. The van der Waals surface area contributed by atoms with Gasteiger partial charge in [0.2, 0.25) is 0 Å². The number of esters is 2. The normalized spacial score (nSPS) is 9.00. The highest BCUT2D eigenvalue weighted by molar-refractivity contribution is 5.87. The molecule has 0 atom stereocenters. The monoisotopic (exact) mass is 250 g/mol. The van der Waals surface area contributed by atoms with Crippen LogP contribution in [-0.4, -0.2) is 25.2 Å². The lowest BCUT2D eigenvalue weighted by atomic mass is 10.1. The molecule has 0 unspecified atom stereocenters. The summed E-state index contributed by atoms with van der Waals surface area (Å²) in [6.07, 6.45) is 15.4. The molecule has 0 amide bonds. The molecule has 0 aromatic carbocycles. The van der Waals surface area contributed by atoms with Gasteiger partial charge >= 0.3 is 11.9 Å². The molecule has 98 valence electrons. The van der Waals surface area contributed by atoms with E-state index in [1.807, 2.05) is 11.8 Å². The topological polar surface area (TPSA) is 52.6 Å². The molecule has 18 heavy (non-hydrogen) atoms. The Morgan fingerprint density at radius 1 is 0.722 bits per heavy atom. The van der Waals surface area contributed by atoms with Crippen LogP contribution < -0.4 is 0 Å². The summed E-state index contributed by atoms with van der Waals surface area (Å²) in [4.78, 5) is 21.2. The molecule has 0 bridgehead atoms. The van der Waals surface area contributed by atoms with E-state index in [4.69, 9.17) is 22.3 Å². The van der Waals surface area contributed by atoms with Crippen molar-refractivity contribution in [1.29, 1.82) is 0 Å². The third-order valence-electron chi connectivity index (χ3n) is 2.24. The van der Waals surface area contributed by atoms with Gasteiger partial charge in [-0.15, -0.1) is 12.8 Å². The minimum atomic E-state index is -0.606. The number of carbonyl (C=O) groups excluding carboxylic acids is 2. The maximum atomic E-state index is 10.6. The number of rotatable bonds is 9. The zero-order valence-electron chi connectivity index (χ0n) is 10.4. The van der Waals surface area contributed by atoms with E-state index in [-0.39, 0.29) is 0 Å². The standard InChI is InChI=1S/C14H18O4/c1-3-13(15)17-11-9-7-5-6-8-10-12-18-14(16)4-2/h1-2H,5-12H2. The maximum absolute atomic E-state index is 10.6. The predicted octanol–water partition coefficient (Wildman–Crippen LogP) is 1.68. The highest BCUT2D eigenvalue weighted by Gasteiger charge is 1.97. The third kappa shape index (κ3) is 10.6. The molecule has 0 saturated heterocycles. The minimum Gasteiger partial charge on any atom is -0.456 e. The van der Waals surface area contributed by atoms with Crippen LogP contribution in [0.1, 0.15) is 38.5 Å². The Hall–Kier alpha value is -1.94. The van der Waals surface area contributed by atoms with Crippen LogP contribution in [0.3, 0.4) is 0 Å². The van der Waals surface area contributed by atoms with Crippen molar-refractivity contribution in [3.8, 4) is 24.7 Å². The molecule has 4 heteroatoms. The molecular formula is C14H18O4. The molecule has 0 radical (unpaired) electrons. The van der Waals surface area contributed by atoms with E-state index in [9.17, 15) is 9.59 Å². The average Bonchev–Trinajstić information content (AvgIpc) is 2.40. The summed E-state index contributed by atoms with van der Waals surface area (Å²) >= 11 is 0. The van der Waals surface area contributed by atoms with Gasteiger partial charge in [0.1, 0.15) is 0 Å². The van der Waals surface area contributed by atoms with Crippen LogP contribution in [0, 0.1) is 24.7 Å². The van der Waals surface area contributed by atoms with Crippen molar-refractivity contribution >= 4 is 11.9 Å². The lowest BCUT2D eigenvalue weighted by Gasteiger charge is -2.02. The van der Waals surface area contributed by atoms with Crippen molar-refractivity contribution in [2.75, 3.05) is 13.2 Å². The Kier molecular flexibility index (Phi) is 10.3. The van der Waals surface area contributed by atoms with Crippen LogP contribution in [0.4, 0.5) is 0 Å². The Bertz CT molecular complexity index is 299. The van der Waals surface area contributed by atoms with Crippen molar-refractivity contribution in [3.05, 3.63) is 0 Å². The Balaban J connectivity index is 3.13. The van der Waals surface area contributed by atoms with Gasteiger partial charge in [0.05, 0.1) is 13.2 Å². The summed E-state index contributed by atoms with van der Waals surface area (Å²) in [5.74, 6) is 2.56. The second-order valence-corrected chi connectivity index (χ2v) is 3.68. The van der Waals surface area contributed by atoms with Crippen molar-refractivity contribution in [2.24, 2.45) is 0 Å². The third-order valence-corrected chi connectivity index (χ3v) is 2.24. The van der Waals surface area contributed by atoms with Crippen LogP contribution in [0.25, 0.3) is 0 Å². The van der Waals surface area contributed by atoms with E-state index in [0.717, 1.165) is 38.5 Å². The molecule has 0 aromatic rings. The molecule has 0 aliphatic heterocycles. The van der Waals surface area contributed by atoms with Gasteiger partial charge in [-0.3, -0.25) is 0 Å². The van der Waals surface area contributed by atoms with E-state index in [1.54, 1.807) is 0 Å². The van der Waals surface area contributed by atoms with Crippen LogP contribution in [0.2, 0.25) is 0 Å². The number of hydrogen-bond acceptors (Lipinski definition) is 4.